The smallest absolute Gasteiger partial charge is 0.237 e. The lowest BCUT2D eigenvalue weighted by atomic mass is 10.1. The number of carbonyl (C=O) groups is 1. The highest BCUT2D eigenvalue weighted by atomic mass is 16.6. The minimum absolute atomic E-state index is 0.372. The van der Waals surface area contributed by atoms with Crippen molar-refractivity contribution in [3.63, 3.8) is 0 Å². The highest BCUT2D eigenvalue weighted by Crippen LogP contribution is 2.35. The number of anilines is 1. The molecule has 224 valence electrons. The Bertz CT molecular complexity index is 1310. The molecular formula is C29H41N5O7. The number of aliphatic hydroxyl groups excluding tert-OH is 3. The highest BCUT2D eigenvalue weighted by molar-refractivity contribution is 5.83. The Morgan fingerprint density at radius 1 is 1.12 bits per heavy atom. The maximum atomic E-state index is 11.5. The molecule has 1 aromatic heterocycles. The molecule has 0 radical (unpaired) electrons. The number of carbonyl (C=O) groups excluding carboxylic acids is 1. The number of hydrogen-bond donors (Lipinski definition) is 6. The van der Waals surface area contributed by atoms with Gasteiger partial charge in [0.2, 0.25) is 11.9 Å². The lowest BCUT2D eigenvalue weighted by Gasteiger charge is -2.22. The molecule has 0 bridgehead atoms. The molecule has 12 heteroatoms. The number of rotatable bonds is 15. The number of benzene rings is 2. The molecule has 1 fully saturated rings. The van der Waals surface area contributed by atoms with Crippen molar-refractivity contribution in [1.29, 1.82) is 0 Å². The average molecular weight is 572 g/mol. The van der Waals surface area contributed by atoms with Gasteiger partial charge in [0.15, 0.2) is 17.7 Å². The van der Waals surface area contributed by atoms with Crippen molar-refractivity contribution in [2.24, 2.45) is 5.73 Å². The number of fused-ring (bicyclic) bond motifs is 1. The molecule has 1 amide bonds. The summed E-state index contributed by atoms with van der Waals surface area (Å²) < 4.78 is 19.5. The third-order valence-electron chi connectivity index (χ3n) is 7.05. The Labute approximate surface area is 239 Å². The second-order valence-electron chi connectivity index (χ2n) is 10.6. The number of hydrogen-bond acceptors (Lipinski definition) is 10. The molecular weight excluding hydrogens is 530 g/mol. The first-order valence-electron chi connectivity index (χ1n) is 13.9. The van der Waals surface area contributed by atoms with Crippen LogP contribution in [0.15, 0.2) is 42.5 Å². The molecule has 12 nitrogen and oxygen atoms in total. The fraction of sp³-hybridized carbons (Fsp3) is 0.517. The van der Waals surface area contributed by atoms with Gasteiger partial charge < -0.3 is 45.9 Å². The summed E-state index contributed by atoms with van der Waals surface area (Å²) in [5, 5.41) is 37.1. The number of aromatic nitrogens is 2. The summed E-state index contributed by atoms with van der Waals surface area (Å²) in [6.45, 7) is 6.98. The van der Waals surface area contributed by atoms with Crippen LogP contribution in [-0.2, 0) is 16.1 Å². The van der Waals surface area contributed by atoms with Gasteiger partial charge in [-0.05, 0) is 63.1 Å². The Hall–Kier alpha value is -3.42. The number of amides is 1. The van der Waals surface area contributed by atoms with Gasteiger partial charge in [0.25, 0.3) is 0 Å². The monoisotopic (exact) mass is 571 g/mol. The number of nitrogens with two attached hydrogens (primary N) is 1. The van der Waals surface area contributed by atoms with Crippen molar-refractivity contribution in [3.8, 4) is 11.5 Å². The fourth-order valence-electron chi connectivity index (χ4n) is 4.55. The van der Waals surface area contributed by atoms with E-state index in [9.17, 15) is 20.1 Å². The number of ether oxygens (including phenoxy) is 3. The molecule has 1 aliphatic rings. The predicted molar refractivity (Wildman–Crippen MR) is 154 cm³/mol. The fourth-order valence-corrected chi connectivity index (χ4v) is 4.55. The molecule has 0 saturated carbocycles. The van der Waals surface area contributed by atoms with Crippen molar-refractivity contribution in [3.05, 3.63) is 48.0 Å². The SMILES string of the molecule is CCCOc1ccc(CNc2nc3ccccc3n2[C@@H]2O[C@H](CO)[C@@H](O)[C@H]2O)cc1OCCCNC(C)(C)C(N)=O. The van der Waals surface area contributed by atoms with Crippen molar-refractivity contribution >= 4 is 22.9 Å². The third-order valence-corrected chi connectivity index (χ3v) is 7.05. The summed E-state index contributed by atoms with van der Waals surface area (Å²) in [6, 6.07) is 13.1. The zero-order valence-corrected chi connectivity index (χ0v) is 23.7. The second kappa shape index (κ2) is 13.5. The van der Waals surface area contributed by atoms with Gasteiger partial charge >= 0.3 is 0 Å². The zero-order valence-electron chi connectivity index (χ0n) is 23.7. The number of nitrogens with zero attached hydrogens (tertiary/aromatic N) is 2. The van der Waals surface area contributed by atoms with Crippen LogP contribution in [0.5, 0.6) is 11.5 Å². The first-order chi connectivity index (χ1) is 19.7. The topological polar surface area (TPSA) is 173 Å². The lowest BCUT2D eigenvalue weighted by molar-refractivity contribution is -0.123. The van der Waals surface area contributed by atoms with Crippen LogP contribution < -0.4 is 25.8 Å². The van der Waals surface area contributed by atoms with Gasteiger partial charge in [0, 0.05) is 6.54 Å². The molecule has 3 aromatic rings. The summed E-state index contributed by atoms with van der Waals surface area (Å²) >= 11 is 0. The quantitative estimate of drug-likeness (QED) is 0.147. The van der Waals surface area contributed by atoms with Crippen LogP contribution in [0.2, 0.25) is 0 Å². The molecule has 0 unspecified atom stereocenters. The first kappa shape index (κ1) is 30.5. The average Bonchev–Trinajstić information content (AvgIpc) is 3.46. The Morgan fingerprint density at radius 3 is 2.59 bits per heavy atom. The molecule has 2 heterocycles. The minimum Gasteiger partial charge on any atom is -0.490 e. The van der Waals surface area contributed by atoms with E-state index >= 15 is 0 Å². The maximum absolute atomic E-state index is 11.5. The van der Waals surface area contributed by atoms with Crippen molar-refractivity contribution in [2.45, 2.75) is 70.2 Å². The van der Waals surface area contributed by atoms with E-state index in [0.717, 1.165) is 12.0 Å². The summed E-state index contributed by atoms with van der Waals surface area (Å²) in [5.74, 6) is 1.27. The molecule has 2 aromatic carbocycles. The molecule has 4 rings (SSSR count). The minimum atomic E-state index is -1.25. The highest BCUT2D eigenvalue weighted by Gasteiger charge is 2.44. The van der Waals surface area contributed by atoms with E-state index in [1.807, 2.05) is 49.4 Å². The molecule has 1 aliphatic heterocycles. The third kappa shape index (κ3) is 7.08. The summed E-state index contributed by atoms with van der Waals surface area (Å²) in [5.41, 5.74) is 6.92. The van der Waals surface area contributed by atoms with E-state index in [0.29, 0.717) is 61.2 Å². The van der Waals surface area contributed by atoms with Gasteiger partial charge in [-0.2, -0.15) is 0 Å². The molecule has 1 saturated heterocycles. The Kier molecular flexibility index (Phi) is 10.1. The number of para-hydroxylation sites is 2. The molecule has 7 N–H and O–H groups in total. The van der Waals surface area contributed by atoms with Crippen LogP contribution in [0.25, 0.3) is 11.0 Å². The van der Waals surface area contributed by atoms with Crippen LogP contribution in [0.3, 0.4) is 0 Å². The normalized spacial score (nSPS) is 20.8. The van der Waals surface area contributed by atoms with Crippen molar-refractivity contribution in [1.82, 2.24) is 14.9 Å². The number of aliphatic hydroxyl groups is 3. The number of primary amides is 1. The Morgan fingerprint density at radius 2 is 1.88 bits per heavy atom. The van der Waals surface area contributed by atoms with E-state index in [2.05, 4.69) is 15.6 Å². The molecule has 0 aliphatic carbocycles. The molecule has 0 spiro atoms. The van der Waals surface area contributed by atoms with E-state index in [-0.39, 0.29) is 0 Å². The van der Waals surface area contributed by atoms with E-state index < -0.39 is 42.6 Å². The van der Waals surface area contributed by atoms with E-state index in [1.54, 1.807) is 18.4 Å². The van der Waals surface area contributed by atoms with Crippen LogP contribution in [-0.4, -0.2) is 81.0 Å². The summed E-state index contributed by atoms with van der Waals surface area (Å²) in [6.07, 6.45) is -2.81. The van der Waals surface area contributed by atoms with Crippen LogP contribution in [0, 0.1) is 0 Å². The molecule has 4 atom stereocenters. The lowest BCUT2D eigenvalue weighted by Crippen LogP contribution is -2.51. The van der Waals surface area contributed by atoms with Gasteiger partial charge in [-0.25, -0.2) is 4.98 Å². The predicted octanol–water partition coefficient (Wildman–Crippen LogP) is 1.67. The van der Waals surface area contributed by atoms with Gasteiger partial charge in [-0.1, -0.05) is 25.1 Å². The van der Waals surface area contributed by atoms with Crippen LogP contribution >= 0.6 is 0 Å². The van der Waals surface area contributed by atoms with Gasteiger partial charge in [0.05, 0.1) is 36.4 Å². The number of nitrogens with one attached hydrogen (secondary N) is 2. The number of imidazole rings is 1. The molecule has 41 heavy (non-hydrogen) atoms. The largest absolute Gasteiger partial charge is 0.490 e. The van der Waals surface area contributed by atoms with Crippen LogP contribution in [0.4, 0.5) is 5.95 Å². The summed E-state index contributed by atoms with van der Waals surface area (Å²) in [7, 11) is 0. The van der Waals surface area contributed by atoms with Gasteiger partial charge in [0.1, 0.15) is 18.3 Å². The Balaban J connectivity index is 1.49. The summed E-state index contributed by atoms with van der Waals surface area (Å²) in [4.78, 5) is 16.2. The maximum Gasteiger partial charge on any atom is 0.237 e. The van der Waals surface area contributed by atoms with Crippen LogP contribution in [0.1, 0.15) is 45.4 Å². The standard InChI is InChI=1S/C29H41N5O7/c1-4-13-39-21-11-10-18(15-22(21)40-14-7-12-32-29(2,3)27(30)38)16-31-28-33-19-8-5-6-9-20(19)34(28)26-25(37)24(36)23(17-35)41-26/h5-6,8-11,15,23-26,32,35-37H,4,7,12-14,16-17H2,1-3H3,(H2,30,38)(H,31,33)/t23-,24-,25-,26-/m1/s1. The van der Waals surface area contributed by atoms with E-state index in [1.165, 1.54) is 0 Å². The van der Waals surface area contributed by atoms with Gasteiger partial charge in [-0.3, -0.25) is 9.36 Å². The van der Waals surface area contributed by atoms with Crippen molar-refractivity contribution < 1.29 is 34.3 Å². The van der Waals surface area contributed by atoms with Gasteiger partial charge in [-0.15, -0.1) is 0 Å². The zero-order chi connectivity index (χ0) is 29.6. The first-order valence-corrected chi connectivity index (χ1v) is 13.9. The van der Waals surface area contributed by atoms with Crippen molar-refractivity contribution in [2.75, 3.05) is 31.7 Å². The van der Waals surface area contributed by atoms with E-state index in [4.69, 9.17) is 19.9 Å². The second-order valence-corrected chi connectivity index (χ2v) is 10.6.